The zero-order valence-electron chi connectivity index (χ0n) is 16.6. The van der Waals surface area contributed by atoms with Crippen molar-refractivity contribution in [2.24, 2.45) is 0 Å². The van der Waals surface area contributed by atoms with Crippen molar-refractivity contribution in [2.75, 3.05) is 12.5 Å². The highest BCUT2D eigenvalue weighted by Crippen LogP contribution is 2.36. The lowest BCUT2D eigenvalue weighted by Gasteiger charge is -2.30. The molecule has 164 valence electrons. The monoisotopic (exact) mass is 448 g/mol. The summed E-state index contributed by atoms with van der Waals surface area (Å²) in [6.07, 6.45) is -4.02. The van der Waals surface area contributed by atoms with E-state index in [1.165, 1.54) is 12.1 Å². The highest BCUT2D eigenvalue weighted by Gasteiger charge is 2.60. The molecule has 0 radical (unpaired) electrons. The lowest BCUT2D eigenvalue weighted by atomic mass is 9.97. The third-order valence-corrected chi connectivity index (χ3v) is 5.08. The number of hydrogen-bond donors (Lipinski definition) is 1. The van der Waals surface area contributed by atoms with Crippen molar-refractivity contribution in [2.45, 2.75) is 31.0 Å². The maximum absolute atomic E-state index is 12.6. The summed E-state index contributed by atoms with van der Waals surface area (Å²) in [6.45, 7) is 0.753. The van der Waals surface area contributed by atoms with Crippen LogP contribution in [0.5, 0.6) is 0 Å². The molecule has 4 atom stereocenters. The number of ether oxygens (including phenoxy) is 4. The summed E-state index contributed by atoms with van der Waals surface area (Å²) in [5.74, 6) is -2.59. The van der Waals surface area contributed by atoms with Crippen molar-refractivity contribution >= 4 is 29.5 Å². The van der Waals surface area contributed by atoms with Gasteiger partial charge in [-0.15, -0.1) is 11.6 Å². The maximum atomic E-state index is 12.6. The van der Waals surface area contributed by atoms with E-state index in [4.69, 9.17) is 30.5 Å². The fourth-order valence-electron chi connectivity index (χ4n) is 3.10. The van der Waals surface area contributed by atoms with Gasteiger partial charge in [0.05, 0.1) is 17.0 Å². The van der Waals surface area contributed by atoms with Crippen molar-refractivity contribution in [1.29, 1.82) is 0 Å². The van der Waals surface area contributed by atoms with Crippen LogP contribution in [0, 0.1) is 0 Å². The topological polar surface area (TPSA) is 108 Å². The van der Waals surface area contributed by atoms with Crippen LogP contribution < -0.4 is 0 Å². The van der Waals surface area contributed by atoms with E-state index in [-0.39, 0.29) is 12.2 Å². The van der Waals surface area contributed by atoms with Crippen LogP contribution in [0.15, 0.2) is 60.7 Å². The summed E-state index contributed by atoms with van der Waals surface area (Å²) in [5, 5.41) is 11.1. The predicted molar refractivity (Wildman–Crippen MR) is 108 cm³/mol. The van der Waals surface area contributed by atoms with Gasteiger partial charge < -0.3 is 24.1 Å². The first kappa shape index (κ1) is 22.7. The summed E-state index contributed by atoms with van der Waals surface area (Å²) < 4.78 is 21.4. The van der Waals surface area contributed by atoms with E-state index in [9.17, 15) is 19.5 Å². The Hall–Kier alpha value is -2.94. The Kier molecular flexibility index (Phi) is 7.27. The first-order chi connectivity index (χ1) is 14.8. The summed E-state index contributed by atoms with van der Waals surface area (Å²) in [5.41, 5.74) is -1.51. The molecular weight excluding hydrogens is 428 g/mol. The molecule has 2 aromatic rings. The van der Waals surface area contributed by atoms with Crippen LogP contribution in [0.2, 0.25) is 0 Å². The van der Waals surface area contributed by atoms with Crippen LogP contribution in [-0.2, 0) is 23.7 Å². The number of alkyl halides is 1. The average molecular weight is 449 g/mol. The number of carbonyl (C=O) groups is 3. The molecule has 8 nitrogen and oxygen atoms in total. The molecule has 9 heteroatoms. The molecule has 1 saturated heterocycles. The Morgan fingerprint density at radius 1 is 0.968 bits per heavy atom. The quantitative estimate of drug-likeness (QED) is 0.390. The molecule has 1 unspecified atom stereocenters. The van der Waals surface area contributed by atoms with Gasteiger partial charge in [-0.25, -0.2) is 9.59 Å². The van der Waals surface area contributed by atoms with Gasteiger partial charge in [-0.2, -0.15) is 0 Å². The number of rotatable bonds is 7. The highest BCUT2D eigenvalue weighted by atomic mass is 35.5. The number of benzene rings is 2. The van der Waals surface area contributed by atoms with Gasteiger partial charge in [-0.1, -0.05) is 36.4 Å². The van der Waals surface area contributed by atoms with E-state index < -0.39 is 47.9 Å². The minimum absolute atomic E-state index is 0.232. The van der Waals surface area contributed by atoms with Gasteiger partial charge >= 0.3 is 17.9 Å². The summed E-state index contributed by atoms with van der Waals surface area (Å²) in [6, 6.07) is 16.3. The lowest BCUT2D eigenvalue weighted by molar-refractivity contribution is -0.204. The molecule has 1 aliphatic heterocycles. The SMILES string of the molecule is CC(=O)OC1O[C@H](COC(=O)c2ccccc2)[C@@H](OC(=O)c2ccccc2)[C@@]1(O)CCl. The number of hydrogen-bond acceptors (Lipinski definition) is 8. The van der Waals surface area contributed by atoms with Crippen LogP contribution in [-0.4, -0.2) is 59.6 Å². The number of halogens is 1. The fourth-order valence-corrected chi connectivity index (χ4v) is 3.38. The Morgan fingerprint density at radius 2 is 1.52 bits per heavy atom. The first-order valence-electron chi connectivity index (χ1n) is 9.44. The molecule has 1 heterocycles. The zero-order chi connectivity index (χ0) is 22.4. The molecule has 3 rings (SSSR count). The summed E-state index contributed by atoms with van der Waals surface area (Å²) in [4.78, 5) is 36.3. The molecular formula is C22H21ClO8. The molecule has 1 aliphatic rings. The van der Waals surface area contributed by atoms with Gasteiger partial charge in [0, 0.05) is 6.92 Å². The van der Waals surface area contributed by atoms with E-state index in [0.717, 1.165) is 6.92 Å². The second-order valence-corrected chi connectivity index (χ2v) is 7.16. The van der Waals surface area contributed by atoms with Crippen LogP contribution in [0.1, 0.15) is 27.6 Å². The molecule has 0 bridgehead atoms. The van der Waals surface area contributed by atoms with Gasteiger partial charge in [-0.3, -0.25) is 4.79 Å². The highest BCUT2D eigenvalue weighted by molar-refractivity contribution is 6.18. The number of carbonyl (C=O) groups excluding carboxylic acids is 3. The van der Waals surface area contributed by atoms with E-state index >= 15 is 0 Å². The summed E-state index contributed by atoms with van der Waals surface area (Å²) >= 11 is 5.95. The van der Waals surface area contributed by atoms with Crippen molar-refractivity contribution in [1.82, 2.24) is 0 Å². The Morgan fingerprint density at radius 3 is 2.03 bits per heavy atom. The van der Waals surface area contributed by atoms with E-state index in [1.54, 1.807) is 48.5 Å². The molecule has 0 aliphatic carbocycles. The van der Waals surface area contributed by atoms with Crippen molar-refractivity contribution < 1.29 is 38.4 Å². The molecule has 0 spiro atoms. The fraction of sp³-hybridized carbons (Fsp3) is 0.318. The van der Waals surface area contributed by atoms with Crippen LogP contribution in [0.4, 0.5) is 0 Å². The Bertz CT molecular complexity index is 920. The van der Waals surface area contributed by atoms with Gasteiger partial charge in [0.25, 0.3) is 0 Å². The normalized spacial score (nSPS) is 24.9. The molecule has 31 heavy (non-hydrogen) atoms. The summed E-state index contributed by atoms with van der Waals surface area (Å²) in [7, 11) is 0. The van der Waals surface area contributed by atoms with Gasteiger partial charge in [0.1, 0.15) is 12.7 Å². The van der Waals surface area contributed by atoms with Crippen LogP contribution in [0.25, 0.3) is 0 Å². The van der Waals surface area contributed by atoms with Crippen molar-refractivity contribution in [3.8, 4) is 0 Å². The van der Waals surface area contributed by atoms with Crippen LogP contribution in [0.3, 0.4) is 0 Å². The predicted octanol–water partition coefficient (Wildman–Crippen LogP) is 2.33. The third-order valence-electron chi connectivity index (χ3n) is 4.66. The van der Waals surface area contributed by atoms with E-state index in [2.05, 4.69) is 0 Å². The molecule has 0 aromatic heterocycles. The number of esters is 3. The minimum Gasteiger partial charge on any atom is -0.459 e. The molecule has 2 aromatic carbocycles. The lowest BCUT2D eigenvalue weighted by Crippen LogP contribution is -2.53. The third kappa shape index (κ3) is 5.22. The smallest absolute Gasteiger partial charge is 0.338 e. The second kappa shape index (κ2) is 9.91. The van der Waals surface area contributed by atoms with Gasteiger partial charge in [-0.05, 0) is 24.3 Å². The average Bonchev–Trinajstić information content (AvgIpc) is 3.04. The van der Waals surface area contributed by atoms with Gasteiger partial charge in [0.15, 0.2) is 11.7 Å². The van der Waals surface area contributed by atoms with E-state index in [0.29, 0.717) is 5.56 Å². The largest absolute Gasteiger partial charge is 0.459 e. The number of aliphatic hydroxyl groups is 1. The molecule has 1 N–H and O–H groups in total. The molecule has 0 amide bonds. The Labute approximate surface area is 183 Å². The first-order valence-corrected chi connectivity index (χ1v) is 9.98. The van der Waals surface area contributed by atoms with Crippen molar-refractivity contribution in [3.63, 3.8) is 0 Å². The molecule has 1 fully saturated rings. The molecule has 0 saturated carbocycles. The minimum atomic E-state index is -2.05. The van der Waals surface area contributed by atoms with Gasteiger partial charge in [0.2, 0.25) is 6.29 Å². The Balaban J connectivity index is 1.80. The zero-order valence-corrected chi connectivity index (χ0v) is 17.4. The second-order valence-electron chi connectivity index (χ2n) is 6.90. The van der Waals surface area contributed by atoms with E-state index in [1.807, 2.05) is 0 Å². The van der Waals surface area contributed by atoms with Crippen molar-refractivity contribution in [3.05, 3.63) is 71.8 Å². The standard InChI is InChI=1S/C22H21ClO8/c1-14(24)29-21-22(27,13-23)18(31-20(26)16-10-6-3-7-11-16)17(30-21)12-28-19(25)15-8-4-2-5-9-15/h2-11,17-18,21,27H,12-13H2,1H3/t17-,18-,21?,22+/m1/s1. The maximum Gasteiger partial charge on any atom is 0.338 e. The van der Waals surface area contributed by atoms with Crippen LogP contribution >= 0.6 is 11.6 Å².